The molecule has 2 heterocycles. The molecule has 2 aliphatic heterocycles. The smallest absolute Gasteiger partial charge is 0.223 e. The van der Waals surface area contributed by atoms with Crippen molar-refractivity contribution >= 4 is 17.6 Å². The summed E-state index contributed by atoms with van der Waals surface area (Å²) in [5.41, 5.74) is 1.99. The third-order valence-corrected chi connectivity index (χ3v) is 4.46. The first-order valence-electron chi connectivity index (χ1n) is 8.74. The number of carbonyl (C=O) groups is 3. The Hall–Kier alpha value is -1.91. The van der Waals surface area contributed by atoms with Crippen LogP contribution in [0.4, 0.5) is 0 Å². The van der Waals surface area contributed by atoms with E-state index in [1.54, 1.807) is 9.80 Å². The fourth-order valence-corrected chi connectivity index (χ4v) is 3.38. The van der Waals surface area contributed by atoms with Gasteiger partial charge in [0, 0.05) is 25.9 Å². The second-order valence-electron chi connectivity index (χ2n) is 7.16. The molecular weight excluding hydrogens is 304 g/mol. The monoisotopic (exact) mass is 332 g/mol. The number of amides is 2. The van der Waals surface area contributed by atoms with Crippen molar-refractivity contribution in [3.63, 3.8) is 0 Å². The van der Waals surface area contributed by atoms with Gasteiger partial charge in [0.25, 0.3) is 0 Å². The number of rotatable bonds is 6. The lowest BCUT2D eigenvalue weighted by molar-refractivity contribution is -0.139. The predicted octanol–water partition coefficient (Wildman–Crippen LogP) is 2.47. The summed E-state index contributed by atoms with van der Waals surface area (Å²) in [6, 6.07) is -1.17. The Morgan fingerprint density at radius 1 is 0.833 bits per heavy atom. The SMILES string of the molecule is CC(C)=CC(C(=O)C(C=C(C)C)N1CCCC1=O)N1CCCC1=O. The normalized spacial score (nSPS) is 20.2. The van der Waals surface area contributed by atoms with Gasteiger partial charge in [0.15, 0.2) is 5.78 Å². The van der Waals surface area contributed by atoms with Gasteiger partial charge < -0.3 is 9.80 Å². The molecule has 0 aromatic rings. The number of allylic oxidation sites excluding steroid dienone is 2. The van der Waals surface area contributed by atoms with Gasteiger partial charge in [0.05, 0.1) is 0 Å². The van der Waals surface area contributed by atoms with Gasteiger partial charge in [-0.25, -0.2) is 0 Å². The average molecular weight is 332 g/mol. The summed E-state index contributed by atoms with van der Waals surface area (Å²) >= 11 is 0. The summed E-state index contributed by atoms with van der Waals surface area (Å²) in [6.45, 7) is 8.92. The summed E-state index contributed by atoms with van der Waals surface area (Å²) in [5.74, 6) is -0.0352. The Kier molecular flexibility index (Phi) is 5.97. The maximum absolute atomic E-state index is 13.3. The molecule has 2 unspecified atom stereocenters. The summed E-state index contributed by atoms with van der Waals surface area (Å²) in [7, 11) is 0. The Morgan fingerprint density at radius 3 is 1.46 bits per heavy atom. The number of hydrogen-bond donors (Lipinski definition) is 0. The van der Waals surface area contributed by atoms with Crippen LogP contribution >= 0.6 is 0 Å². The molecule has 2 rings (SSSR count). The molecule has 0 bridgehead atoms. The topological polar surface area (TPSA) is 57.7 Å². The molecule has 0 aliphatic carbocycles. The molecule has 0 N–H and O–H groups in total. The molecule has 2 amide bonds. The fraction of sp³-hybridized carbons (Fsp3) is 0.632. The van der Waals surface area contributed by atoms with Crippen molar-refractivity contribution in [3.8, 4) is 0 Å². The molecule has 0 saturated carbocycles. The predicted molar refractivity (Wildman–Crippen MR) is 93.3 cm³/mol. The van der Waals surface area contributed by atoms with Gasteiger partial charge >= 0.3 is 0 Å². The van der Waals surface area contributed by atoms with Gasteiger partial charge in [0.1, 0.15) is 12.1 Å². The maximum atomic E-state index is 13.3. The third-order valence-electron chi connectivity index (χ3n) is 4.46. The van der Waals surface area contributed by atoms with Crippen LogP contribution in [0.3, 0.4) is 0 Å². The minimum Gasteiger partial charge on any atom is -0.329 e. The number of hydrogen-bond acceptors (Lipinski definition) is 3. The van der Waals surface area contributed by atoms with Gasteiger partial charge in [0.2, 0.25) is 11.8 Å². The minimum absolute atomic E-state index is 0.0227. The highest BCUT2D eigenvalue weighted by Gasteiger charge is 2.38. The fourth-order valence-electron chi connectivity index (χ4n) is 3.38. The van der Waals surface area contributed by atoms with Crippen LogP contribution in [0, 0.1) is 0 Å². The quantitative estimate of drug-likeness (QED) is 0.702. The van der Waals surface area contributed by atoms with Gasteiger partial charge in [-0.1, -0.05) is 23.3 Å². The van der Waals surface area contributed by atoms with Crippen LogP contribution < -0.4 is 0 Å². The van der Waals surface area contributed by atoms with Crippen molar-refractivity contribution in [3.05, 3.63) is 23.3 Å². The van der Waals surface area contributed by atoms with Crippen molar-refractivity contribution in [1.29, 1.82) is 0 Å². The first-order valence-corrected chi connectivity index (χ1v) is 8.74. The van der Waals surface area contributed by atoms with E-state index in [1.165, 1.54) is 0 Å². The number of likely N-dealkylation sites (tertiary alicyclic amines) is 2. The first kappa shape index (κ1) is 18.4. The van der Waals surface area contributed by atoms with Crippen molar-refractivity contribution < 1.29 is 14.4 Å². The molecule has 132 valence electrons. The molecule has 5 heteroatoms. The summed E-state index contributed by atoms with van der Waals surface area (Å²) in [6.07, 6.45) is 6.28. The van der Waals surface area contributed by atoms with Crippen LogP contribution in [0.25, 0.3) is 0 Å². The lowest BCUT2D eigenvalue weighted by Crippen LogP contribution is -2.51. The number of carbonyl (C=O) groups excluding carboxylic acids is 3. The van der Waals surface area contributed by atoms with E-state index in [-0.39, 0.29) is 17.6 Å². The van der Waals surface area contributed by atoms with E-state index in [2.05, 4.69) is 0 Å². The number of nitrogens with zero attached hydrogens (tertiary/aromatic N) is 2. The zero-order valence-electron chi connectivity index (χ0n) is 15.2. The molecule has 0 aromatic carbocycles. The standard InChI is InChI=1S/C19H28N2O3/c1-13(2)11-15(20-9-5-7-17(20)22)19(24)16(12-14(3)4)21-10-6-8-18(21)23/h11-12,15-16H,5-10H2,1-4H3. The van der Waals surface area contributed by atoms with Gasteiger partial charge in [-0.3, -0.25) is 14.4 Å². The van der Waals surface area contributed by atoms with E-state index in [4.69, 9.17) is 0 Å². The molecule has 2 atom stereocenters. The van der Waals surface area contributed by atoms with E-state index in [9.17, 15) is 14.4 Å². The first-order chi connectivity index (χ1) is 11.3. The summed E-state index contributed by atoms with van der Waals surface area (Å²) < 4.78 is 0. The molecule has 2 aliphatic rings. The Bertz CT molecular complexity index is 533. The van der Waals surface area contributed by atoms with Crippen LogP contribution in [0.15, 0.2) is 23.3 Å². The maximum Gasteiger partial charge on any atom is 0.223 e. The Balaban J connectivity index is 2.36. The van der Waals surface area contributed by atoms with E-state index < -0.39 is 12.1 Å². The van der Waals surface area contributed by atoms with Crippen molar-refractivity contribution in [2.24, 2.45) is 0 Å². The van der Waals surface area contributed by atoms with E-state index in [1.807, 2.05) is 39.8 Å². The number of Topliss-reactive ketones (excluding diaryl/α,β-unsaturated/α-hetero) is 1. The zero-order valence-corrected chi connectivity index (χ0v) is 15.2. The largest absolute Gasteiger partial charge is 0.329 e. The Morgan fingerprint density at radius 2 is 1.21 bits per heavy atom. The van der Waals surface area contributed by atoms with Crippen LogP contribution in [-0.2, 0) is 14.4 Å². The summed E-state index contributed by atoms with van der Waals surface area (Å²) in [5, 5.41) is 0. The van der Waals surface area contributed by atoms with Crippen LogP contribution in [0.2, 0.25) is 0 Å². The highest BCUT2D eigenvalue weighted by atomic mass is 16.2. The number of ketones is 1. The van der Waals surface area contributed by atoms with Crippen molar-refractivity contribution in [1.82, 2.24) is 9.80 Å². The van der Waals surface area contributed by atoms with Crippen LogP contribution in [0.5, 0.6) is 0 Å². The molecule has 2 fully saturated rings. The lowest BCUT2D eigenvalue weighted by Gasteiger charge is -2.31. The van der Waals surface area contributed by atoms with Crippen molar-refractivity contribution in [2.75, 3.05) is 13.1 Å². The van der Waals surface area contributed by atoms with Crippen LogP contribution in [0.1, 0.15) is 53.4 Å². The van der Waals surface area contributed by atoms with Gasteiger partial charge in [-0.2, -0.15) is 0 Å². The van der Waals surface area contributed by atoms with Gasteiger partial charge in [-0.05, 0) is 40.5 Å². The molecule has 0 spiro atoms. The second kappa shape index (κ2) is 7.77. The Labute approximate surface area is 144 Å². The molecule has 5 nitrogen and oxygen atoms in total. The molecule has 24 heavy (non-hydrogen) atoms. The minimum atomic E-state index is -0.584. The second-order valence-corrected chi connectivity index (χ2v) is 7.16. The molecule has 0 aromatic heterocycles. The lowest BCUT2D eigenvalue weighted by atomic mass is 9.98. The van der Waals surface area contributed by atoms with E-state index >= 15 is 0 Å². The third kappa shape index (κ3) is 4.13. The van der Waals surface area contributed by atoms with Gasteiger partial charge in [-0.15, -0.1) is 0 Å². The van der Waals surface area contributed by atoms with E-state index in [0.29, 0.717) is 25.9 Å². The van der Waals surface area contributed by atoms with Crippen molar-refractivity contribution in [2.45, 2.75) is 65.5 Å². The zero-order chi connectivity index (χ0) is 17.9. The molecular formula is C19H28N2O3. The average Bonchev–Trinajstić information content (AvgIpc) is 3.10. The summed E-state index contributed by atoms with van der Waals surface area (Å²) in [4.78, 5) is 41.0. The van der Waals surface area contributed by atoms with E-state index in [0.717, 1.165) is 24.0 Å². The molecule has 0 radical (unpaired) electrons. The highest BCUT2D eigenvalue weighted by molar-refractivity contribution is 5.98. The van der Waals surface area contributed by atoms with Crippen LogP contribution in [-0.4, -0.2) is 52.6 Å². The highest BCUT2D eigenvalue weighted by Crippen LogP contribution is 2.23. The molecule has 2 saturated heterocycles.